The van der Waals surface area contributed by atoms with Crippen LogP contribution in [0.25, 0.3) is 0 Å². The van der Waals surface area contributed by atoms with Gasteiger partial charge in [0.25, 0.3) is 0 Å². The Labute approximate surface area is 114 Å². The highest BCUT2D eigenvalue weighted by atomic mass is 16.1. The molecule has 5 nitrogen and oxygen atoms in total. The maximum absolute atomic E-state index is 12.0. The molecule has 2 rings (SSSR count). The molecule has 1 amide bonds. The first kappa shape index (κ1) is 13.8. The molecule has 1 aliphatic rings. The van der Waals surface area contributed by atoms with E-state index < -0.39 is 0 Å². The second-order valence-corrected chi connectivity index (χ2v) is 5.28. The number of anilines is 1. The number of amides is 1. The van der Waals surface area contributed by atoms with Gasteiger partial charge in [-0.05, 0) is 18.9 Å². The average molecular weight is 262 g/mol. The molecule has 1 aromatic heterocycles. The number of carbonyl (C=O) groups excluding carboxylic acids is 1. The Morgan fingerprint density at radius 2 is 2.11 bits per heavy atom. The van der Waals surface area contributed by atoms with E-state index in [9.17, 15) is 4.79 Å². The SMILES string of the molecule is CN(C)c1ccnc(CNC(=O)C2CCCCC2)n1. The van der Waals surface area contributed by atoms with Crippen molar-refractivity contribution in [2.75, 3.05) is 19.0 Å². The van der Waals surface area contributed by atoms with E-state index in [-0.39, 0.29) is 11.8 Å². The van der Waals surface area contributed by atoms with Gasteiger partial charge in [-0.1, -0.05) is 19.3 Å². The van der Waals surface area contributed by atoms with Crippen molar-refractivity contribution in [3.63, 3.8) is 0 Å². The van der Waals surface area contributed by atoms with E-state index in [1.807, 2.05) is 25.1 Å². The third-order valence-corrected chi connectivity index (χ3v) is 3.55. The van der Waals surface area contributed by atoms with Crippen LogP contribution in [-0.2, 0) is 11.3 Å². The Morgan fingerprint density at radius 3 is 2.79 bits per heavy atom. The van der Waals surface area contributed by atoms with Crippen LogP contribution in [0.1, 0.15) is 37.9 Å². The Morgan fingerprint density at radius 1 is 1.37 bits per heavy atom. The third-order valence-electron chi connectivity index (χ3n) is 3.55. The van der Waals surface area contributed by atoms with Crippen LogP contribution >= 0.6 is 0 Å². The molecule has 5 heteroatoms. The monoisotopic (exact) mass is 262 g/mol. The third kappa shape index (κ3) is 3.91. The first-order chi connectivity index (χ1) is 9.16. The molecule has 0 atom stereocenters. The molecule has 0 unspecified atom stereocenters. The van der Waals surface area contributed by atoms with Crippen LogP contribution in [0.2, 0.25) is 0 Å². The van der Waals surface area contributed by atoms with E-state index >= 15 is 0 Å². The summed E-state index contributed by atoms with van der Waals surface area (Å²) in [7, 11) is 3.87. The zero-order valence-corrected chi connectivity index (χ0v) is 11.7. The lowest BCUT2D eigenvalue weighted by atomic mass is 9.89. The molecule has 0 aromatic carbocycles. The number of hydrogen-bond donors (Lipinski definition) is 1. The summed E-state index contributed by atoms with van der Waals surface area (Å²) in [4.78, 5) is 22.5. The van der Waals surface area contributed by atoms with E-state index in [4.69, 9.17) is 0 Å². The maximum atomic E-state index is 12.0. The van der Waals surface area contributed by atoms with Crippen LogP contribution < -0.4 is 10.2 Å². The molecular weight excluding hydrogens is 240 g/mol. The second-order valence-electron chi connectivity index (χ2n) is 5.28. The lowest BCUT2D eigenvalue weighted by Crippen LogP contribution is -2.32. The molecule has 1 aromatic rings. The number of rotatable bonds is 4. The molecule has 0 saturated heterocycles. The van der Waals surface area contributed by atoms with Crippen LogP contribution in [0.3, 0.4) is 0 Å². The molecule has 1 fully saturated rings. The van der Waals surface area contributed by atoms with Crippen LogP contribution in [0.5, 0.6) is 0 Å². The molecular formula is C14H22N4O. The van der Waals surface area contributed by atoms with Gasteiger partial charge in [0, 0.05) is 26.2 Å². The summed E-state index contributed by atoms with van der Waals surface area (Å²) < 4.78 is 0. The molecule has 0 radical (unpaired) electrons. The van der Waals surface area contributed by atoms with E-state index in [0.29, 0.717) is 12.4 Å². The standard InChI is InChI=1S/C14H22N4O/c1-18(2)13-8-9-15-12(17-13)10-16-14(19)11-6-4-3-5-7-11/h8-9,11H,3-7,10H2,1-2H3,(H,16,19). The van der Waals surface area contributed by atoms with Crippen LogP contribution in [0, 0.1) is 5.92 Å². The highest BCUT2D eigenvalue weighted by Gasteiger charge is 2.20. The van der Waals surface area contributed by atoms with Gasteiger partial charge >= 0.3 is 0 Å². The highest BCUT2D eigenvalue weighted by molar-refractivity contribution is 5.78. The maximum Gasteiger partial charge on any atom is 0.223 e. The fourth-order valence-electron chi connectivity index (χ4n) is 2.40. The Hall–Kier alpha value is -1.65. The van der Waals surface area contributed by atoms with Crippen molar-refractivity contribution < 1.29 is 4.79 Å². The molecule has 0 spiro atoms. The summed E-state index contributed by atoms with van der Waals surface area (Å²) >= 11 is 0. The summed E-state index contributed by atoms with van der Waals surface area (Å²) in [6.45, 7) is 0.414. The van der Waals surface area contributed by atoms with Gasteiger partial charge < -0.3 is 10.2 Å². The van der Waals surface area contributed by atoms with Gasteiger partial charge in [0.2, 0.25) is 5.91 Å². The second kappa shape index (κ2) is 6.50. The Kier molecular flexibility index (Phi) is 4.71. The Balaban J connectivity index is 1.87. The minimum atomic E-state index is 0.151. The molecule has 1 saturated carbocycles. The van der Waals surface area contributed by atoms with Crippen molar-refractivity contribution in [1.82, 2.24) is 15.3 Å². The van der Waals surface area contributed by atoms with Gasteiger partial charge in [-0.2, -0.15) is 0 Å². The van der Waals surface area contributed by atoms with Crippen LogP contribution in [-0.4, -0.2) is 30.0 Å². The first-order valence-corrected chi connectivity index (χ1v) is 6.94. The normalized spacial score (nSPS) is 16.1. The lowest BCUT2D eigenvalue weighted by molar-refractivity contribution is -0.126. The van der Waals surface area contributed by atoms with Gasteiger partial charge in [0.1, 0.15) is 11.6 Å². The van der Waals surface area contributed by atoms with Gasteiger partial charge in [-0.25, -0.2) is 9.97 Å². The molecule has 1 aliphatic carbocycles. The minimum absolute atomic E-state index is 0.151. The highest BCUT2D eigenvalue weighted by Crippen LogP contribution is 2.23. The summed E-state index contributed by atoms with van der Waals surface area (Å²) in [6.07, 6.45) is 7.37. The zero-order chi connectivity index (χ0) is 13.7. The molecule has 19 heavy (non-hydrogen) atoms. The van der Waals surface area contributed by atoms with E-state index in [1.165, 1.54) is 19.3 Å². The van der Waals surface area contributed by atoms with Crippen LogP contribution in [0.4, 0.5) is 5.82 Å². The van der Waals surface area contributed by atoms with Gasteiger partial charge in [-0.15, -0.1) is 0 Å². The number of hydrogen-bond acceptors (Lipinski definition) is 4. The first-order valence-electron chi connectivity index (χ1n) is 6.94. The molecule has 1 N–H and O–H groups in total. The van der Waals surface area contributed by atoms with Crippen molar-refractivity contribution >= 4 is 11.7 Å². The summed E-state index contributed by atoms with van der Waals surface area (Å²) in [5, 5.41) is 2.95. The Bertz CT molecular complexity index is 427. The topological polar surface area (TPSA) is 58.1 Å². The fourth-order valence-corrected chi connectivity index (χ4v) is 2.40. The minimum Gasteiger partial charge on any atom is -0.363 e. The zero-order valence-electron chi connectivity index (χ0n) is 11.7. The van der Waals surface area contributed by atoms with E-state index in [2.05, 4.69) is 15.3 Å². The molecule has 0 bridgehead atoms. The van der Waals surface area contributed by atoms with Gasteiger partial charge in [0.05, 0.1) is 6.54 Å². The molecule has 1 heterocycles. The van der Waals surface area contributed by atoms with Crippen molar-refractivity contribution in [2.24, 2.45) is 5.92 Å². The summed E-state index contributed by atoms with van der Waals surface area (Å²) in [6, 6.07) is 1.85. The smallest absolute Gasteiger partial charge is 0.223 e. The quantitative estimate of drug-likeness (QED) is 0.898. The number of nitrogens with one attached hydrogen (secondary N) is 1. The van der Waals surface area contributed by atoms with Gasteiger partial charge in [0.15, 0.2) is 0 Å². The largest absolute Gasteiger partial charge is 0.363 e. The summed E-state index contributed by atoms with van der Waals surface area (Å²) in [5.74, 6) is 1.86. The van der Waals surface area contributed by atoms with Crippen molar-refractivity contribution in [2.45, 2.75) is 38.6 Å². The van der Waals surface area contributed by atoms with Crippen molar-refractivity contribution in [3.8, 4) is 0 Å². The molecule has 104 valence electrons. The fraction of sp³-hybridized carbons (Fsp3) is 0.643. The average Bonchev–Trinajstić information content (AvgIpc) is 2.46. The lowest BCUT2D eigenvalue weighted by Gasteiger charge is -2.20. The predicted molar refractivity (Wildman–Crippen MR) is 74.8 cm³/mol. The van der Waals surface area contributed by atoms with Crippen LogP contribution in [0.15, 0.2) is 12.3 Å². The number of nitrogens with zero attached hydrogens (tertiary/aromatic N) is 3. The molecule has 0 aliphatic heterocycles. The summed E-state index contributed by atoms with van der Waals surface area (Å²) in [5.41, 5.74) is 0. The predicted octanol–water partition coefficient (Wildman–Crippen LogP) is 1.74. The number of aromatic nitrogens is 2. The van der Waals surface area contributed by atoms with E-state index in [0.717, 1.165) is 18.7 Å². The van der Waals surface area contributed by atoms with Gasteiger partial charge in [-0.3, -0.25) is 4.79 Å². The van der Waals surface area contributed by atoms with Crippen molar-refractivity contribution in [1.29, 1.82) is 0 Å². The van der Waals surface area contributed by atoms with Crippen molar-refractivity contribution in [3.05, 3.63) is 18.1 Å². The number of carbonyl (C=O) groups is 1. The van der Waals surface area contributed by atoms with E-state index in [1.54, 1.807) is 6.20 Å².